The molecule has 1 heteroatoms. The highest BCUT2D eigenvalue weighted by Gasteiger charge is 2.12. The van der Waals surface area contributed by atoms with Gasteiger partial charge < -0.3 is 4.74 Å². The van der Waals surface area contributed by atoms with Crippen molar-refractivity contribution in [3.05, 3.63) is 29.3 Å². The van der Waals surface area contributed by atoms with E-state index in [9.17, 15) is 0 Å². The van der Waals surface area contributed by atoms with Crippen LogP contribution in [0.2, 0.25) is 0 Å². The van der Waals surface area contributed by atoms with Crippen LogP contribution in [0.4, 0.5) is 0 Å². The van der Waals surface area contributed by atoms with Gasteiger partial charge in [-0.3, -0.25) is 0 Å². The quantitative estimate of drug-likeness (QED) is 0.681. The summed E-state index contributed by atoms with van der Waals surface area (Å²) in [5.74, 6) is 7.45. The molecule has 1 rings (SSSR count). The van der Waals surface area contributed by atoms with E-state index in [0.717, 1.165) is 12.2 Å². The standard InChI is InChI=1S/C14H18O/c1-5-6-8-11(2)14-12(3)9-7-10-13(14)15-4/h7,9-11H,8H2,1-4H3. The summed E-state index contributed by atoms with van der Waals surface area (Å²) < 4.78 is 5.38. The Morgan fingerprint density at radius 3 is 2.73 bits per heavy atom. The molecular formula is C14H18O. The molecule has 0 aliphatic rings. The lowest BCUT2D eigenvalue weighted by molar-refractivity contribution is 0.406. The van der Waals surface area contributed by atoms with Gasteiger partial charge in [-0.1, -0.05) is 19.1 Å². The summed E-state index contributed by atoms with van der Waals surface area (Å²) in [6.45, 7) is 6.19. The summed E-state index contributed by atoms with van der Waals surface area (Å²) in [7, 11) is 1.72. The average Bonchev–Trinajstić information content (AvgIpc) is 2.25. The maximum absolute atomic E-state index is 5.38. The van der Waals surface area contributed by atoms with E-state index in [1.807, 2.05) is 19.1 Å². The molecule has 0 fully saturated rings. The average molecular weight is 202 g/mol. The molecule has 0 saturated heterocycles. The molecule has 0 aliphatic carbocycles. The van der Waals surface area contributed by atoms with Gasteiger partial charge >= 0.3 is 0 Å². The molecule has 1 unspecified atom stereocenters. The van der Waals surface area contributed by atoms with Gasteiger partial charge in [0.2, 0.25) is 0 Å². The first-order valence-corrected chi connectivity index (χ1v) is 5.23. The van der Waals surface area contributed by atoms with E-state index < -0.39 is 0 Å². The fourth-order valence-corrected chi connectivity index (χ4v) is 1.82. The minimum absolute atomic E-state index is 0.425. The molecule has 0 aromatic heterocycles. The van der Waals surface area contributed by atoms with E-state index >= 15 is 0 Å². The van der Waals surface area contributed by atoms with Gasteiger partial charge in [0.25, 0.3) is 0 Å². The summed E-state index contributed by atoms with van der Waals surface area (Å²) in [6.07, 6.45) is 0.887. The molecule has 1 atom stereocenters. The highest BCUT2D eigenvalue weighted by atomic mass is 16.5. The van der Waals surface area contributed by atoms with Crippen LogP contribution in [0, 0.1) is 18.8 Å². The lowest BCUT2D eigenvalue weighted by atomic mass is 9.93. The van der Waals surface area contributed by atoms with Crippen LogP contribution in [0.3, 0.4) is 0 Å². The topological polar surface area (TPSA) is 9.23 Å². The number of hydrogen-bond donors (Lipinski definition) is 0. The third-order valence-electron chi connectivity index (χ3n) is 2.58. The molecule has 0 saturated carbocycles. The molecule has 0 spiro atoms. The van der Waals surface area contributed by atoms with Crippen molar-refractivity contribution < 1.29 is 4.74 Å². The number of aryl methyl sites for hydroxylation is 1. The van der Waals surface area contributed by atoms with E-state index in [4.69, 9.17) is 4.74 Å². The first-order valence-electron chi connectivity index (χ1n) is 5.23. The zero-order chi connectivity index (χ0) is 11.3. The zero-order valence-corrected chi connectivity index (χ0v) is 9.92. The van der Waals surface area contributed by atoms with Crippen LogP contribution in [0.1, 0.15) is 37.3 Å². The van der Waals surface area contributed by atoms with Crippen molar-refractivity contribution in [2.45, 2.75) is 33.1 Å². The molecule has 1 nitrogen and oxygen atoms in total. The molecule has 1 aromatic carbocycles. The Hall–Kier alpha value is -1.42. The first-order chi connectivity index (χ1) is 7.20. The van der Waals surface area contributed by atoms with E-state index in [1.54, 1.807) is 7.11 Å². The second-order valence-corrected chi connectivity index (χ2v) is 3.72. The SMILES string of the molecule is CC#CCC(C)c1c(C)cccc1OC. The third kappa shape index (κ3) is 2.76. The summed E-state index contributed by atoms with van der Waals surface area (Å²) in [6, 6.07) is 6.15. The number of methoxy groups -OCH3 is 1. The Labute approximate surface area is 92.5 Å². The third-order valence-corrected chi connectivity index (χ3v) is 2.58. The predicted molar refractivity (Wildman–Crippen MR) is 64.2 cm³/mol. The van der Waals surface area contributed by atoms with Crippen molar-refractivity contribution >= 4 is 0 Å². The van der Waals surface area contributed by atoms with Crippen molar-refractivity contribution in [1.29, 1.82) is 0 Å². The monoisotopic (exact) mass is 202 g/mol. The van der Waals surface area contributed by atoms with Crippen molar-refractivity contribution in [3.63, 3.8) is 0 Å². The Balaban J connectivity index is 3.03. The maximum Gasteiger partial charge on any atom is 0.122 e. The highest BCUT2D eigenvalue weighted by Crippen LogP contribution is 2.31. The molecule has 0 heterocycles. The molecule has 80 valence electrons. The normalized spacial score (nSPS) is 11.5. The van der Waals surface area contributed by atoms with Crippen LogP contribution in [-0.2, 0) is 0 Å². The lowest BCUT2D eigenvalue weighted by Gasteiger charge is -2.16. The Bertz CT molecular complexity index is 382. The van der Waals surface area contributed by atoms with Crippen LogP contribution in [0.5, 0.6) is 5.75 Å². The summed E-state index contributed by atoms with van der Waals surface area (Å²) in [5.41, 5.74) is 2.56. The van der Waals surface area contributed by atoms with Crippen molar-refractivity contribution in [3.8, 4) is 17.6 Å². The van der Waals surface area contributed by atoms with Crippen LogP contribution in [-0.4, -0.2) is 7.11 Å². The molecule has 15 heavy (non-hydrogen) atoms. The smallest absolute Gasteiger partial charge is 0.122 e. The number of benzene rings is 1. The Morgan fingerprint density at radius 2 is 2.13 bits per heavy atom. The van der Waals surface area contributed by atoms with Crippen LogP contribution < -0.4 is 4.74 Å². The van der Waals surface area contributed by atoms with E-state index in [-0.39, 0.29) is 0 Å². The Morgan fingerprint density at radius 1 is 1.40 bits per heavy atom. The van der Waals surface area contributed by atoms with Gasteiger partial charge in [0.15, 0.2) is 0 Å². The fourth-order valence-electron chi connectivity index (χ4n) is 1.82. The zero-order valence-electron chi connectivity index (χ0n) is 9.92. The van der Waals surface area contributed by atoms with Crippen molar-refractivity contribution in [2.75, 3.05) is 7.11 Å². The van der Waals surface area contributed by atoms with Gasteiger partial charge in [-0.05, 0) is 31.4 Å². The van der Waals surface area contributed by atoms with Gasteiger partial charge in [-0.2, -0.15) is 0 Å². The summed E-state index contributed by atoms with van der Waals surface area (Å²) >= 11 is 0. The van der Waals surface area contributed by atoms with Crippen molar-refractivity contribution in [1.82, 2.24) is 0 Å². The first kappa shape index (κ1) is 11.7. The second-order valence-electron chi connectivity index (χ2n) is 3.72. The number of ether oxygens (including phenoxy) is 1. The van der Waals surface area contributed by atoms with E-state index in [2.05, 4.69) is 31.8 Å². The molecular weight excluding hydrogens is 184 g/mol. The second kappa shape index (κ2) is 5.46. The summed E-state index contributed by atoms with van der Waals surface area (Å²) in [4.78, 5) is 0. The highest BCUT2D eigenvalue weighted by molar-refractivity contribution is 5.42. The largest absolute Gasteiger partial charge is 0.496 e. The number of hydrogen-bond acceptors (Lipinski definition) is 1. The van der Waals surface area contributed by atoms with Gasteiger partial charge in [0, 0.05) is 12.0 Å². The van der Waals surface area contributed by atoms with Crippen LogP contribution in [0.25, 0.3) is 0 Å². The van der Waals surface area contributed by atoms with Gasteiger partial charge in [-0.15, -0.1) is 11.8 Å². The van der Waals surface area contributed by atoms with Gasteiger partial charge in [-0.25, -0.2) is 0 Å². The Kier molecular flexibility index (Phi) is 4.24. The molecule has 0 radical (unpaired) electrons. The van der Waals surface area contributed by atoms with E-state index in [1.165, 1.54) is 11.1 Å². The molecule has 0 bridgehead atoms. The maximum atomic E-state index is 5.38. The summed E-state index contributed by atoms with van der Waals surface area (Å²) in [5, 5.41) is 0. The number of rotatable bonds is 3. The van der Waals surface area contributed by atoms with E-state index in [0.29, 0.717) is 5.92 Å². The lowest BCUT2D eigenvalue weighted by Crippen LogP contribution is -1.99. The van der Waals surface area contributed by atoms with Crippen LogP contribution in [0.15, 0.2) is 18.2 Å². The molecule has 1 aromatic rings. The molecule has 0 amide bonds. The van der Waals surface area contributed by atoms with Gasteiger partial charge in [0.05, 0.1) is 7.11 Å². The minimum atomic E-state index is 0.425. The molecule has 0 aliphatic heterocycles. The fraction of sp³-hybridized carbons (Fsp3) is 0.429. The molecule has 0 N–H and O–H groups in total. The van der Waals surface area contributed by atoms with Crippen LogP contribution >= 0.6 is 0 Å². The van der Waals surface area contributed by atoms with Gasteiger partial charge in [0.1, 0.15) is 5.75 Å². The minimum Gasteiger partial charge on any atom is -0.496 e. The predicted octanol–water partition coefficient (Wildman–Crippen LogP) is 3.52. The van der Waals surface area contributed by atoms with Crippen molar-refractivity contribution in [2.24, 2.45) is 0 Å².